The number of ether oxygens (including phenoxy) is 1. The summed E-state index contributed by atoms with van der Waals surface area (Å²) in [5.74, 6) is -1.07. The van der Waals surface area contributed by atoms with Gasteiger partial charge in [0, 0.05) is 16.3 Å². The molecule has 7 heteroatoms. The Morgan fingerprint density at radius 2 is 1.96 bits per heavy atom. The van der Waals surface area contributed by atoms with E-state index in [1.807, 2.05) is 25.1 Å². The number of carbonyl (C=O) groups is 2. The lowest BCUT2D eigenvalue weighted by atomic mass is 10.2. The highest BCUT2D eigenvalue weighted by Crippen LogP contribution is 2.16. The highest BCUT2D eigenvalue weighted by Gasteiger charge is 2.13. The Bertz CT molecular complexity index is 778. The molecule has 0 radical (unpaired) electrons. The van der Waals surface area contributed by atoms with Crippen molar-refractivity contribution in [1.82, 2.24) is 5.43 Å². The Morgan fingerprint density at radius 3 is 2.72 bits per heavy atom. The molecule has 0 heterocycles. The molecule has 2 aromatic rings. The van der Waals surface area contributed by atoms with Gasteiger partial charge in [-0.2, -0.15) is 5.10 Å². The number of nitrogens with one attached hydrogen (secondary N) is 2. The predicted molar refractivity (Wildman–Crippen MR) is 98.0 cm³/mol. The number of rotatable bonds is 6. The molecule has 0 aliphatic heterocycles. The van der Waals surface area contributed by atoms with E-state index in [1.165, 1.54) is 12.3 Å². The van der Waals surface area contributed by atoms with Gasteiger partial charge in [-0.05, 0) is 36.8 Å². The quantitative estimate of drug-likeness (QED) is 0.472. The van der Waals surface area contributed by atoms with E-state index in [0.29, 0.717) is 28.6 Å². The summed E-state index contributed by atoms with van der Waals surface area (Å²) in [4.78, 5) is 23.6. The number of amides is 2. The first-order valence-corrected chi connectivity index (χ1v) is 8.09. The van der Waals surface area contributed by atoms with Crippen LogP contribution >= 0.6 is 11.6 Å². The van der Waals surface area contributed by atoms with Crippen LogP contribution in [-0.2, 0) is 9.59 Å². The summed E-state index contributed by atoms with van der Waals surface area (Å²) in [6.45, 7) is 2.59. The van der Waals surface area contributed by atoms with E-state index in [0.717, 1.165) is 6.42 Å². The monoisotopic (exact) mass is 359 g/mol. The first kappa shape index (κ1) is 18.5. The number of benzene rings is 2. The molecule has 0 bridgehead atoms. The summed E-state index contributed by atoms with van der Waals surface area (Å²) in [5, 5.41) is 6.69. The summed E-state index contributed by atoms with van der Waals surface area (Å²) >= 11 is 5.82. The first-order valence-electron chi connectivity index (χ1n) is 7.72. The maximum Gasteiger partial charge on any atom is 0.329 e. The minimum absolute atomic E-state index is 0.426. The largest absolute Gasteiger partial charge is 0.493 e. The number of hydrogen-bond donors (Lipinski definition) is 2. The molecule has 2 N–H and O–H groups in total. The van der Waals surface area contributed by atoms with E-state index in [4.69, 9.17) is 16.3 Å². The number of carbonyl (C=O) groups excluding carboxylic acids is 2. The summed E-state index contributed by atoms with van der Waals surface area (Å²) < 4.78 is 5.59. The minimum atomic E-state index is -0.886. The zero-order chi connectivity index (χ0) is 18.1. The number of nitrogens with zero attached hydrogens (tertiary/aromatic N) is 1. The van der Waals surface area contributed by atoms with Crippen LogP contribution in [0.25, 0.3) is 0 Å². The van der Waals surface area contributed by atoms with E-state index in [1.54, 1.807) is 24.3 Å². The van der Waals surface area contributed by atoms with Crippen molar-refractivity contribution in [3.05, 3.63) is 59.1 Å². The van der Waals surface area contributed by atoms with Crippen LogP contribution in [0.1, 0.15) is 18.9 Å². The van der Waals surface area contributed by atoms with Gasteiger partial charge >= 0.3 is 11.8 Å². The Kier molecular flexibility index (Phi) is 6.98. The van der Waals surface area contributed by atoms with Gasteiger partial charge in [0.05, 0.1) is 12.8 Å². The Balaban J connectivity index is 1.93. The topological polar surface area (TPSA) is 79.8 Å². The SMILES string of the molecule is CCCOc1ccccc1/C=N\NC(=O)C(=O)Nc1cccc(Cl)c1. The molecule has 2 rings (SSSR count). The molecule has 0 fully saturated rings. The molecule has 0 atom stereocenters. The average Bonchev–Trinajstić information content (AvgIpc) is 2.60. The van der Waals surface area contributed by atoms with Gasteiger partial charge in [-0.25, -0.2) is 5.43 Å². The second-order valence-electron chi connectivity index (χ2n) is 5.05. The van der Waals surface area contributed by atoms with Crippen LogP contribution < -0.4 is 15.5 Å². The van der Waals surface area contributed by atoms with Gasteiger partial charge in [0.2, 0.25) is 0 Å². The van der Waals surface area contributed by atoms with Crippen LogP contribution in [0.4, 0.5) is 5.69 Å². The molecule has 130 valence electrons. The van der Waals surface area contributed by atoms with Crippen molar-refractivity contribution in [2.45, 2.75) is 13.3 Å². The summed E-state index contributed by atoms with van der Waals surface area (Å²) in [6.07, 6.45) is 2.31. The minimum Gasteiger partial charge on any atom is -0.493 e. The predicted octanol–water partition coefficient (Wildman–Crippen LogP) is 3.22. The maximum absolute atomic E-state index is 11.8. The molecule has 0 aliphatic rings. The molecule has 0 unspecified atom stereocenters. The summed E-state index contributed by atoms with van der Waals surface area (Å²) in [5.41, 5.74) is 3.31. The third-order valence-corrected chi connectivity index (χ3v) is 3.27. The lowest BCUT2D eigenvalue weighted by Gasteiger charge is -2.07. The van der Waals surface area contributed by atoms with Gasteiger partial charge in [0.15, 0.2) is 0 Å². The van der Waals surface area contributed by atoms with Crippen LogP contribution in [0.15, 0.2) is 53.6 Å². The fourth-order valence-corrected chi connectivity index (χ4v) is 2.09. The zero-order valence-electron chi connectivity index (χ0n) is 13.7. The summed E-state index contributed by atoms with van der Waals surface area (Å²) in [6, 6.07) is 13.8. The van der Waals surface area contributed by atoms with Crippen LogP contribution in [0, 0.1) is 0 Å². The van der Waals surface area contributed by atoms with Gasteiger partial charge in [0.1, 0.15) is 5.75 Å². The maximum atomic E-state index is 11.8. The Hall–Kier alpha value is -2.86. The lowest BCUT2D eigenvalue weighted by molar-refractivity contribution is -0.136. The average molecular weight is 360 g/mol. The molecule has 0 saturated heterocycles. The molecule has 0 aromatic heterocycles. The van der Waals surface area contributed by atoms with E-state index in [-0.39, 0.29) is 0 Å². The standard InChI is InChI=1S/C18H18ClN3O3/c1-2-10-25-16-9-4-3-6-13(16)12-20-22-18(24)17(23)21-15-8-5-7-14(19)11-15/h3-9,11-12H,2,10H2,1H3,(H,21,23)(H,22,24)/b20-12-. The van der Waals surface area contributed by atoms with Crippen LogP contribution in [0.5, 0.6) is 5.75 Å². The Labute approximate surface area is 150 Å². The fraction of sp³-hybridized carbons (Fsp3) is 0.167. The number of para-hydroxylation sites is 1. The zero-order valence-corrected chi connectivity index (χ0v) is 14.4. The van der Waals surface area contributed by atoms with Gasteiger partial charge in [-0.15, -0.1) is 0 Å². The molecular formula is C18H18ClN3O3. The molecular weight excluding hydrogens is 342 g/mol. The second-order valence-corrected chi connectivity index (χ2v) is 5.49. The summed E-state index contributed by atoms with van der Waals surface area (Å²) in [7, 11) is 0. The van der Waals surface area contributed by atoms with Crippen LogP contribution in [0.2, 0.25) is 5.02 Å². The van der Waals surface area contributed by atoms with E-state index >= 15 is 0 Å². The molecule has 2 amide bonds. The van der Waals surface area contributed by atoms with Crippen LogP contribution in [-0.4, -0.2) is 24.6 Å². The van der Waals surface area contributed by atoms with Crippen molar-refractivity contribution in [3.63, 3.8) is 0 Å². The Morgan fingerprint density at radius 1 is 1.16 bits per heavy atom. The fourth-order valence-electron chi connectivity index (χ4n) is 1.90. The van der Waals surface area contributed by atoms with Crippen molar-refractivity contribution in [2.24, 2.45) is 5.10 Å². The lowest BCUT2D eigenvalue weighted by Crippen LogP contribution is -2.32. The number of hydrazone groups is 1. The third-order valence-electron chi connectivity index (χ3n) is 3.04. The van der Waals surface area contributed by atoms with Crippen molar-refractivity contribution in [3.8, 4) is 5.75 Å². The van der Waals surface area contributed by atoms with E-state index in [9.17, 15) is 9.59 Å². The van der Waals surface area contributed by atoms with Gasteiger partial charge in [-0.3, -0.25) is 9.59 Å². The third kappa shape index (κ3) is 5.93. The highest BCUT2D eigenvalue weighted by molar-refractivity contribution is 6.39. The number of anilines is 1. The molecule has 0 saturated carbocycles. The van der Waals surface area contributed by atoms with Gasteiger partial charge < -0.3 is 10.1 Å². The molecule has 2 aromatic carbocycles. The highest BCUT2D eigenvalue weighted by atomic mass is 35.5. The van der Waals surface area contributed by atoms with Crippen molar-refractivity contribution in [2.75, 3.05) is 11.9 Å². The van der Waals surface area contributed by atoms with Gasteiger partial charge in [-0.1, -0.05) is 36.7 Å². The molecule has 0 spiro atoms. The molecule has 25 heavy (non-hydrogen) atoms. The number of hydrogen-bond acceptors (Lipinski definition) is 4. The van der Waals surface area contributed by atoms with Crippen molar-refractivity contribution < 1.29 is 14.3 Å². The van der Waals surface area contributed by atoms with Gasteiger partial charge in [0.25, 0.3) is 0 Å². The molecule has 0 aliphatic carbocycles. The second kappa shape index (κ2) is 9.44. The van der Waals surface area contributed by atoms with E-state index in [2.05, 4.69) is 15.8 Å². The normalized spacial score (nSPS) is 10.5. The van der Waals surface area contributed by atoms with Crippen LogP contribution in [0.3, 0.4) is 0 Å². The van der Waals surface area contributed by atoms with E-state index < -0.39 is 11.8 Å². The first-order chi connectivity index (χ1) is 12.1. The van der Waals surface area contributed by atoms with Crippen molar-refractivity contribution >= 4 is 35.3 Å². The molecule has 6 nitrogen and oxygen atoms in total. The van der Waals surface area contributed by atoms with Crippen molar-refractivity contribution in [1.29, 1.82) is 0 Å². The smallest absolute Gasteiger partial charge is 0.329 e. The number of halogens is 1.